The first-order valence-corrected chi connectivity index (χ1v) is 10.3. The van der Waals surface area contributed by atoms with E-state index in [1.807, 2.05) is 36.4 Å². The van der Waals surface area contributed by atoms with Gasteiger partial charge in [-0.2, -0.15) is 0 Å². The minimum atomic E-state index is -0.134. The molecular formula is C21H23N3O2S. The summed E-state index contributed by atoms with van der Waals surface area (Å²) < 4.78 is 0. The molecule has 0 spiro atoms. The molecule has 1 saturated carbocycles. The lowest BCUT2D eigenvalue weighted by atomic mass is 9.84. The fourth-order valence-corrected chi connectivity index (χ4v) is 4.67. The smallest absolute Gasteiger partial charge is 0.264 e. The highest BCUT2D eigenvalue weighted by Crippen LogP contribution is 2.31. The van der Waals surface area contributed by atoms with Crippen LogP contribution in [0.2, 0.25) is 0 Å². The summed E-state index contributed by atoms with van der Waals surface area (Å²) in [6.07, 6.45) is 9.53. The van der Waals surface area contributed by atoms with Gasteiger partial charge in [-0.25, -0.2) is 0 Å². The van der Waals surface area contributed by atoms with Crippen molar-refractivity contribution >= 4 is 39.8 Å². The van der Waals surface area contributed by atoms with Crippen LogP contribution in [0.5, 0.6) is 0 Å². The second kappa shape index (κ2) is 8.23. The number of aromatic nitrogens is 1. The Morgan fingerprint density at radius 1 is 1.30 bits per heavy atom. The number of thioether (sulfide) groups is 1. The van der Waals surface area contributed by atoms with Crippen molar-refractivity contribution in [1.82, 2.24) is 10.3 Å². The van der Waals surface area contributed by atoms with Gasteiger partial charge in [0.25, 0.3) is 5.91 Å². The number of aliphatic hydroxyl groups is 1. The number of pyridine rings is 1. The van der Waals surface area contributed by atoms with Crippen molar-refractivity contribution < 1.29 is 9.90 Å². The second-order valence-electron chi connectivity index (χ2n) is 7.10. The number of aliphatic hydroxyl groups excluding tert-OH is 1. The highest BCUT2D eigenvalue weighted by atomic mass is 32.2. The molecule has 1 aromatic heterocycles. The third-order valence-corrected chi connectivity index (χ3v) is 6.16. The van der Waals surface area contributed by atoms with Crippen LogP contribution in [0.3, 0.4) is 0 Å². The Balaban J connectivity index is 1.52. The summed E-state index contributed by atoms with van der Waals surface area (Å²) in [5.74, 6) is 0.278. The summed E-state index contributed by atoms with van der Waals surface area (Å²) in [5, 5.41) is 14.2. The summed E-state index contributed by atoms with van der Waals surface area (Å²) in [7, 11) is 0. The molecule has 2 aliphatic rings. The number of amides is 1. The fourth-order valence-electron chi connectivity index (χ4n) is 3.79. The van der Waals surface area contributed by atoms with Crippen LogP contribution in [0.1, 0.15) is 37.7 Å². The van der Waals surface area contributed by atoms with Gasteiger partial charge in [-0.05, 0) is 60.4 Å². The summed E-state index contributed by atoms with van der Waals surface area (Å²) >= 11 is 1.35. The van der Waals surface area contributed by atoms with Gasteiger partial charge in [0.15, 0.2) is 5.17 Å². The maximum atomic E-state index is 12.3. The van der Waals surface area contributed by atoms with E-state index in [1.165, 1.54) is 31.0 Å². The number of hydrogen-bond donors (Lipinski definition) is 2. The zero-order valence-corrected chi connectivity index (χ0v) is 15.9. The van der Waals surface area contributed by atoms with Gasteiger partial charge in [0, 0.05) is 11.6 Å². The topological polar surface area (TPSA) is 74.6 Å². The van der Waals surface area contributed by atoms with Gasteiger partial charge in [0.05, 0.1) is 23.1 Å². The molecule has 2 heterocycles. The molecule has 2 N–H and O–H groups in total. The van der Waals surface area contributed by atoms with Crippen molar-refractivity contribution in [2.24, 2.45) is 10.9 Å². The first-order valence-electron chi connectivity index (χ1n) is 9.47. The molecule has 140 valence electrons. The van der Waals surface area contributed by atoms with E-state index in [-0.39, 0.29) is 18.6 Å². The van der Waals surface area contributed by atoms with Crippen molar-refractivity contribution in [2.45, 2.75) is 38.1 Å². The lowest BCUT2D eigenvalue weighted by Crippen LogP contribution is -2.28. The van der Waals surface area contributed by atoms with Crippen molar-refractivity contribution in [3.8, 4) is 0 Å². The van der Waals surface area contributed by atoms with E-state index in [0.717, 1.165) is 29.3 Å². The van der Waals surface area contributed by atoms with Crippen LogP contribution in [0.15, 0.2) is 46.4 Å². The van der Waals surface area contributed by atoms with Crippen LogP contribution in [0, 0.1) is 5.92 Å². The molecular weight excluding hydrogens is 358 g/mol. The van der Waals surface area contributed by atoms with Crippen LogP contribution in [0.4, 0.5) is 0 Å². The molecule has 6 heteroatoms. The van der Waals surface area contributed by atoms with Gasteiger partial charge < -0.3 is 10.4 Å². The Kier molecular flexibility index (Phi) is 5.55. The molecule has 0 unspecified atom stereocenters. The summed E-state index contributed by atoms with van der Waals surface area (Å²) in [6.45, 7) is 0.0291. The Hall–Kier alpha value is -2.18. The van der Waals surface area contributed by atoms with E-state index in [4.69, 9.17) is 0 Å². The molecule has 1 aromatic carbocycles. The molecule has 4 rings (SSSR count). The van der Waals surface area contributed by atoms with Gasteiger partial charge in [-0.15, -0.1) is 0 Å². The van der Waals surface area contributed by atoms with Gasteiger partial charge in [0.1, 0.15) is 0 Å². The third-order valence-electron chi connectivity index (χ3n) is 5.24. The minimum absolute atomic E-state index is 0.0291. The van der Waals surface area contributed by atoms with E-state index in [9.17, 15) is 9.90 Å². The number of hydrogen-bond acceptors (Lipinski definition) is 5. The van der Waals surface area contributed by atoms with E-state index in [0.29, 0.717) is 16.0 Å². The Labute approximate surface area is 163 Å². The normalized spacial score (nSPS) is 22.5. The molecule has 0 radical (unpaired) electrons. The molecule has 1 aliphatic carbocycles. The van der Waals surface area contributed by atoms with Gasteiger partial charge >= 0.3 is 0 Å². The minimum Gasteiger partial charge on any atom is -0.394 e. The first-order chi connectivity index (χ1) is 13.2. The number of nitrogens with one attached hydrogen (secondary N) is 1. The van der Waals surface area contributed by atoms with Crippen LogP contribution in [-0.4, -0.2) is 33.8 Å². The number of rotatable bonds is 4. The highest BCUT2D eigenvalue weighted by Gasteiger charge is 2.28. The maximum absolute atomic E-state index is 12.3. The van der Waals surface area contributed by atoms with Crippen molar-refractivity contribution in [2.75, 3.05) is 6.61 Å². The average molecular weight is 382 g/mol. The van der Waals surface area contributed by atoms with E-state index >= 15 is 0 Å². The lowest BCUT2D eigenvalue weighted by molar-refractivity contribution is -0.115. The van der Waals surface area contributed by atoms with Crippen LogP contribution >= 0.6 is 11.8 Å². The molecule has 1 atom stereocenters. The molecule has 27 heavy (non-hydrogen) atoms. The molecule has 1 aliphatic heterocycles. The molecule has 1 amide bonds. The van der Waals surface area contributed by atoms with Crippen LogP contribution < -0.4 is 5.32 Å². The van der Waals surface area contributed by atoms with Crippen LogP contribution in [0.25, 0.3) is 17.0 Å². The van der Waals surface area contributed by atoms with Gasteiger partial charge in [-0.1, -0.05) is 31.4 Å². The number of amidine groups is 1. The molecule has 0 bridgehead atoms. The molecule has 1 saturated heterocycles. The number of benzene rings is 1. The number of carbonyl (C=O) groups excluding carboxylic acids is 1. The highest BCUT2D eigenvalue weighted by molar-refractivity contribution is 8.18. The van der Waals surface area contributed by atoms with Gasteiger partial charge in [-0.3, -0.25) is 14.8 Å². The third kappa shape index (κ3) is 4.22. The van der Waals surface area contributed by atoms with Gasteiger partial charge in [0.2, 0.25) is 0 Å². The van der Waals surface area contributed by atoms with Crippen molar-refractivity contribution in [1.29, 1.82) is 0 Å². The summed E-state index contributed by atoms with van der Waals surface area (Å²) in [6, 6.07) is 9.73. The van der Waals surface area contributed by atoms with Crippen LogP contribution in [-0.2, 0) is 4.79 Å². The average Bonchev–Trinajstić information content (AvgIpc) is 3.05. The van der Waals surface area contributed by atoms with Crippen molar-refractivity contribution in [3.63, 3.8) is 0 Å². The standard InChI is InChI=1S/C21H23N3O2S/c25-13-18(15-5-2-1-3-6-15)23-21-24-20(26)19(27-21)12-14-8-9-17-16(11-14)7-4-10-22-17/h4,7-12,15,18,25H,1-3,5-6,13H2,(H,23,24,26)/b19-12-/t18-/m0/s1. The van der Waals surface area contributed by atoms with Crippen molar-refractivity contribution in [3.05, 3.63) is 47.0 Å². The molecule has 2 fully saturated rings. The monoisotopic (exact) mass is 381 g/mol. The molecule has 2 aromatic rings. The number of fused-ring (bicyclic) bond motifs is 1. The Bertz CT molecular complexity index is 903. The van der Waals surface area contributed by atoms with E-state index < -0.39 is 0 Å². The predicted molar refractivity (Wildman–Crippen MR) is 110 cm³/mol. The number of aliphatic imine (C=N–C) groups is 1. The predicted octanol–water partition coefficient (Wildman–Crippen LogP) is 3.74. The first kappa shape index (κ1) is 18.2. The fraction of sp³-hybridized carbons (Fsp3) is 0.381. The number of nitrogens with zero attached hydrogens (tertiary/aromatic N) is 2. The zero-order chi connectivity index (χ0) is 18.6. The maximum Gasteiger partial charge on any atom is 0.264 e. The molecule has 5 nitrogen and oxygen atoms in total. The van der Waals surface area contributed by atoms with E-state index in [2.05, 4.69) is 15.3 Å². The number of carbonyl (C=O) groups is 1. The quantitative estimate of drug-likeness (QED) is 0.791. The van der Waals surface area contributed by atoms with E-state index in [1.54, 1.807) is 6.20 Å². The second-order valence-corrected chi connectivity index (χ2v) is 8.13. The summed E-state index contributed by atoms with van der Waals surface area (Å²) in [4.78, 5) is 21.9. The SMILES string of the molecule is O=C1NC(=N[C@@H](CO)C2CCCCC2)S/C1=C\c1ccc2ncccc2c1. The largest absolute Gasteiger partial charge is 0.394 e. The zero-order valence-electron chi connectivity index (χ0n) is 15.1. The lowest BCUT2D eigenvalue weighted by Gasteiger charge is -2.26. The Morgan fingerprint density at radius 2 is 2.15 bits per heavy atom. The Morgan fingerprint density at radius 3 is 2.96 bits per heavy atom. The summed E-state index contributed by atoms with van der Waals surface area (Å²) in [5.41, 5.74) is 1.89.